The number of hydrogen-bond acceptors (Lipinski definition) is 4. The molecule has 2 heterocycles. The Morgan fingerprint density at radius 3 is 2.86 bits per heavy atom. The molecular weight excluding hydrogens is 304 g/mol. The third kappa shape index (κ3) is 3.02. The predicted octanol–water partition coefficient (Wildman–Crippen LogP) is 1.86. The summed E-state index contributed by atoms with van der Waals surface area (Å²) in [5.41, 5.74) is 1.22. The average molecular weight is 323 g/mol. The number of likely N-dealkylation sites (tertiary alicyclic amines) is 1. The van der Waals surface area contributed by atoms with Crippen LogP contribution in [-0.2, 0) is 16.2 Å². The second-order valence-corrected chi connectivity index (χ2v) is 7.15. The highest BCUT2D eigenvalue weighted by Crippen LogP contribution is 2.22. The summed E-state index contributed by atoms with van der Waals surface area (Å²) < 4.78 is 9.24. The number of nitrogens with one attached hydrogen (secondary N) is 1. The van der Waals surface area contributed by atoms with Gasteiger partial charge in [-0.2, -0.15) is 0 Å². The largest absolute Gasteiger partial charge is 0.469 e. The van der Waals surface area contributed by atoms with Gasteiger partial charge in [0.2, 0.25) is 0 Å². The number of quaternary nitrogens is 1. The molecule has 0 bridgehead atoms. The highest BCUT2D eigenvalue weighted by Gasteiger charge is 2.28. The van der Waals surface area contributed by atoms with E-state index < -0.39 is 0 Å². The van der Waals surface area contributed by atoms with Crippen molar-refractivity contribution in [3.8, 4) is 0 Å². The molecule has 112 valence electrons. The molecule has 0 spiro atoms. The van der Waals surface area contributed by atoms with Crippen LogP contribution in [0.1, 0.15) is 12.8 Å². The lowest BCUT2D eigenvalue weighted by Crippen LogP contribution is -3.12. The second-order valence-electron chi connectivity index (χ2n) is 5.47. The highest BCUT2D eigenvalue weighted by atomic mass is 32.1. The van der Waals surface area contributed by atoms with Crippen molar-refractivity contribution in [1.82, 2.24) is 4.57 Å². The van der Waals surface area contributed by atoms with Gasteiger partial charge in [0.25, 0.3) is 0 Å². The van der Waals surface area contributed by atoms with Crippen LogP contribution < -0.4 is 4.90 Å². The summed E-state index contributed by atoms with van der Waals surface area (Å²) in [6, 6.07) is 8.35. The number of benzene rings is 1. The minimum atomic E-state index is -0.0633. The zero-order valence-corrected chi connectivity index (χ0v) is 13.6. The quantitative estimate of drug-likeness (QED) is 0.692. The molecule has 0 amide bonds. The number of fused-ring (bicyclic) bond motifs is 1. The molecule has 4 nitrogen and oxygen atoms in total. The zero-order chi connectivity index (χ0) is 14.8. The third-order valence-corrected chi connectivity index (χ3v) is 5.61. The number of aromatic nitrogens is 1. The summed E-state index contributed by atoms with van der Waals surface area (Å²) in [5.74, 6) is 0.0117. The van der Waals surface area contributed by atoms with Crippen molar-refractivity contribution in [2.45, 2.75) is 19.5 Å². The number of hydrogen-bond donors (Lipinski definition) is 1. The predicted molar refractivity (Wildman–Crippen MR) is 86.1 cm³/mol. The van der Waals surface area contributed by atoms with Crippen LogP contribution in [-0.4, -0.2) is 30.7 Å². The Morgan fingerprint density at radius 1 is 1.43 bits per heavy atom. The number of carbonyl (C=O) groups is 1. The first-order chi connectivity index (χ1) is 10.2. The van der Waals surface area contributed by atoms with Crippen LogP contribution in [0.4, 0.5) is 0 Å². The number of carbonyl (C=O) groups excluding carboxylic acids is 1. The van der Waals surface area contributed by atoms with E-state index in [1.54, 1.807) is 11.3 Å². The molecule has 1 aliphatic rings. The maximum atomic E-state index is 11.6. The number of esters is 1. The van der Waals surface area contributed by atoms with Gasteiger partial charge in [0.15, 0.2) is 10.6 Å². The van der Waals surface area contributed by atoms with Gasteiger partial charge in [-0.05, 0) is 24.4 Å². The lowest BCUT2D eigenvalue weighted by Gasteiger charge is -2.28. The molecule has 21 heavy (non-hydrogen) atoms. The lowest BCUT2D eigenvalue weighted by atomic mass is 9.97. The number of nitrogens with zero attached hydrogens (tertiary/aromatic N) is 1. The molecular formula is C15H19N2O2S2+. The minimum absolute atomic E-state index is 0.0633. The van der Waals surface area contributed by atoms with Gasteiger partial charge in [-0.1, -0.05) is 12.1 Å². The first-order valence-electron chi connectivity index (χ1n) is 7.19. The van der Waals surface area contributed by atoms with Crippen LogP contribution in [0.15, 0.2) is 24.3 Å². The average Bonchev–Trinajstić information content (AvgIpc) is 2.83. The van der Waals surface area contributed by atoms with E-state index in [0.717, 1.165) is 36.6 Å². The number of thiazole rings is 1. The van der Waals surface area contributed by atoms with Crippen molar-refractivity contribution in [3.63, 3.8) is 0 Å². The number of methoxy groups -OCH3 is 1. The molecule has 1 fully saturated rings. The summed E-state index contributed by atoms with van der Waals surface area (Å²) in [5, 5.41) is 0. The van der Waals surface area contributed by atoms with Crippen LogP contribution in [0.25, 0.3) is 10.2 Å². The third-order valence-electron chi connectivity index (χ3n) is 4.18. The minimum Gasteiger partial charge on any atom is -0.469 e. The summed E-state index contributed by atoms with van der Waals surface area (Å²) in [4.78, 5) is 13.0. The van der Waals surface area contributed by atoms with E-state index in [-0.39, 0.29) is 11.9 Å². The first kappa shape index (κ1) is 14.7. The standard InChI is InChI=1S/C15H18N2O2S2/c1-19-14(18)11-6-8-16(9-7-11)10-17-12-4-2-3-5-13(12)21-15(17)20/h2-5,11H,6-10H2,1H3/p+1. The fourth-order valence-electron chi connectivity index (χ4n) is 2.97. The number of ether oxygens (including phenoxy) is 1. The van der Waals surface area contributed by atoms with E-state index in [0.29, 0.717) is 0 Å². The molecule has 6 heteroatoms. The molecule has 1 aliphatic heterocycles. The molecule has 1 aromatic carbocycles. The number of para-hydroxylation sites is 1. The Labute approximate surface area is 132 Å². The second kappa shape index (κ2) is 6.25. The van der Waals surface area contributed by atoms with E-state index in [9.17, 15) is 4.79 Å². The van der Waals surface area contributed by atoms with Crippen LogP contribution in [0.2, 0.25) is 0 Å². The normalized spacial score (nSPS) is 22.3. The first-order valence-corrected chi connectivity index (χ1v) is 8.41. The Bertz CT molecular complexity index is 699. The van der Waals surface area contributed by atoms with E-state index in [4.69, 9.17) is 17.0 Å². The maximum absolute atomic E-state index is 11.6. The van der Waals surface area contributed by atoms with Gasteiger partial charge in [0.05, 0.1) is 36.3 Å². The van der Waals surface area contributed by atoms with E-state index in [1.165, 1.54) is 22.2 Å². The smallest absolute Gasteiger partial charge is 0.309 e. The van der Waals surface area contributed by atoms with E-state index >= 15 is 0 Å². The Morgan fingerprint density at radius 2 is 2.14 bits per heavy atom. The zero-order valence-electron chi connectivity index (χ0n) is 12.0. The van der Waals surface area contributed by atoms with Crippen molar-refractivity contribution in [3.05, 3.63) is 28.2 Å². The van der Waals surface area contributed by atoms with E-state index in [2.05, 4.69) is 22.8 Å². The van der Waals surface area contributed by atoms with Crippen molar-refractivity contribution in [2.24, 2.45) is 5.92 Å². The molecule has 0 radical (unpaired) electrons. The van der Waals surface area contributed by atoms with Crippen LogP contribution in [0.3, 0.4) is 0 Å². The number of piperidine rings is 1. The SMILES string of the molecule is COC(=O)C1CC[NH+](Cn2c(=S)sc3ccccc32)CC1. The molecule has 2 aromatic rings. The summed E-state index contributed by atoms with van der Waals surface area (Å²) in [6.45, 7) is 2.87. The monoisotopic (exact) mass is 323 g/mol. The number of rotatable bonds is 3. The molecule has 0 unspecified atom stereocenters. The molecule has 1 saturated heterocycles. The van der Waals surface area contributed by atoms with Gasteiger partial charge in [-0.3, -0.25) is 9.36 Å². The molecule has 0 atom stereocenters. The van der Waals surface area contributed by atoms with Gasteiger partial charge < -0.3 is 9.64 Å². The molecule has 0 aliphatic carbocycles. The van der Waals surface area contributed by atoms with Gasteiger partial charge >= 0.3 is 5.97 Å². The van der Waals surface area contributed by atoms with Gasteiger partial charge in [0, 0.05) is 12.8 Å². The van der Waals surface area contributed by atoms with Gasteiger partial charge in [0.1, 0.15) is 0 Å². The fraction of sp³-hybridized carbons (Fsp3) is 0.467. The Hall–Kier alpha value is -1.24. The Kier molecular flexibility index (Phi) is 4.37. The molecule has 3 rings (SSSR count). The van der Waals surface area contributed by atoms with Crippen molar-refractivity contribution >= 4 is 39.7 Å². The van der Waals surface area contributed by atoms with Crippen LogP contribution >= 0.6 is 23.6 Å². The molecule has 1 aromatic heterocycles. The Balaban J connectivity index is 1.71. The van der Waals surface area contributed by atoms with Crippen molar-refractivity contribution in [2.75, 3.05) is 20.2 Å². The summed E-state index contributed by atoms with van der Waals surface area (Å²) in [6.07, 6.45) is 1.80. The molecule has 0 saturated carbocycles. The van der Waals surface area contributed by atoms with Crippen LogP contribution in [0, 0.1) is 9.87 Å². The van der Waals surface area contributed by atoms with E-state index in [1.807, 2.05) is 6.07 Å². The molecule has 1 N–H and O–H groups in total. The topological polar surface area (TPSA) is 35.7 Å². The summed E-state index contributed by atoms with van der Waals surface area (Å²) in [7, 11) is 1.47. The van der Waals surface area contributed by atoms with Crippen molar-refractivity contribution in [1.29, 1.82) is 0 Å². The fourth-order valence-corrected chi connectivity index (χ4v) is 4.30. The van der Waals surface area contributed by atoms with Gasteiger partial charge in [-0.25, -0.2) is 0 Å². The van der Waals surface area contributed by atoms with Gasteiger partial charge in [-0.15, -0.1) is 11.3 Å². The summed E-state index contributed by atoms with van der Waals surface area (Å²) >= 11 is 7.17. The maximum Gasteiger partial charge on any atom is 0.309 e. The van der Waals surface area contributed by atoms with Crippen LogP contribution in [0.5, 0.6) is 0 Å². The highest BCUT2D eigenvalue weighted by molar-refractivity contribution is 7.73. The van der Waals surface area contributed by atoms with Crippen molar-refractivity contribution < 1.29 is 14.4 Å². The lowest BCUT2D eigenvalue weighted by molar-refractivity contribution is -0.928.